The first-order valence-corrected chi connectivity index (χ1v) is 10.5. The van der Waals surface area contributed by atoms with Crippen LogP contribution in [0, 0.1) is 26.7 Å². The number of fused-ring (bicyclic) bond motifs is 1. The summed E-state index contributed by atoms with van der Waals surface area (Å²) in [4.78, 5) is 15.0. The fourth-order valence-corrected chi connectivity index (χ4v) is 5.43. The van der Waals surface area contributed by atoms with Gasteiger partial charge in [0.1, 0.15) is 5.50 Å². The van der Waals surface area contributed by atoms with E-state index in [1.165, 1.54) is 22.3 Å². The number of hydrogen-bond acceptors (Lipinski definition) is 4. The molecule has 3 atom stereocenters. The van der Waals surface area contributed by atoms with Crippen molar-refractivity contribution in [3.63, 3.8) is 0 Å². The number of carbonyl (C=O) groups is 1. The molecule has 2 saturated heterocycles. The van der Waals surface area contributed by atoms with E-state index in [2.05, 4.69) is 55.4 Å². The summed E-state index contributed by atoms with van der Waals surface area (Å²) in [7, 11) is 0. The summed E-state index contributed by atoms with van der Waals surface area (Å²) >= 11 is 1.80. The molecular weight excluding hydrogens is 330 g/mol. The fraction of sp³-hybridized carbons (Fsp3) is 0.650. The van der Waals surface area contributed by atoms with Gasteiger partial charge in [0.2, 0.25) is 5.91 Å². The fourth-order valence-electron chi connectivity index (χ4n) is 4.17. The van der Waals surface area contributed by atoms with E-state index >= 15 is 0 Å². The van der Waals surface area contributed by atoms with Gasteiger partial charge in [-0.25, -0.2) is 0 Å². The van der Waals surface area contributed by atoms with Crippen LogP contribution in [0.25, 0.3) is 0 Å². The van der Waals surface area contributed by atoms with Crippen LogP contribution in [-0.2, 0) is 10.5 Å². The first kappa shape index (κ1) is 18.7. The minimum Gasteiger partial charge on any atom is -0.331 e. The molecule has 2 fully saturated rings. The minimum absolute atomic E-state index is 0.0200. The Hall–Kier alpha value is -1.04. The van der Waals surface area contributed by atoms with Gasteiger partial charge in [-0.3, -0.25) is 10.1 Å². The molecule has 0 aromatic heterocycles. The van der Waals surface area contributed by atoms with Crippen LogP contribution in [0.1, 0.15) is 42.0 Å². The average Bonchev–Trinajstić information content (AvgIpc) is 2.55. The van der Waals surface area contributed by atoms with E-state index in [4.69, 9.17) is 0 Å². The first-order chi connectivity index (χ1) is 12.0. The van der Waals surface area contributed by atoms with Gasteiger partial charge < -0.3 is 10.2 Å². The Labute approximate surface area is 156 Å². The molecule has 4 nitrogen and oxygen atoms in total. The third-order valence-corrected chi connectivity index (χ3v) is 6.49. The molecular formula is C20H31N3OS. The zero-order valence-electron chi connectivity index (χ0n) is 15.9. The molecule has 0 aliphatic carbocycles. The molecule has 3 rings (SSSR count). The van der Waals surface area contributed by atoms with Crippen molar-refractivity contribution in [2.75, 3.05) is 19.6 Å². The molecule has 25 heavy (non-hydrogen) atoms. The molecule has 2 heterocycles. The lowest BCUT2D eigenvalue weighted by Crippen LogP contribution is -2.64. The van der Waals surface area contributed by atoms with Gasteiger partial charge in [0.25, 0.3) is 0 Å². The lowest BCUT2D eigenvalue weighted by molar-refractivity contribution is -0.130. The maximum atomic E-state index is 12.6. The molecule has 1 aromatic carbocycles. The van der Waals surface area contributed by atoms with E-state index in [1.54, 1.807) is 11.8 Å². The Balaban J connectivity index is 1.59. The average molecular weight is 362 g/mol. The van der Waals surface area contributed by atoms with Gasteiger partial charge in [-0.2, -0.15) is 0 Å². The number of likely N-dealkylation sites (tertiary alicyclic amines) is 1. The van der Waals surface area contributed by atoms with E-state index in [1.807, 2.05) is 0 Å². The molecule has 0 saturated carbocycles. The van der Waals surface area contributed by atoms with Crippen molar-refractivity contribution in [3.8, 4) is 0 Å². The van der Waals surface area contributed by atoms with Crippen LogP contribution >= 0.6 is 11.8 Å². The molecule has 2 aliphatic heterocycles. The number of aryl methyl sites for hydroxylation is 3. The van der Waals surface area contributed by atoms with Crippen molar-refractivity contribution in [2.24, 2.45) is 5.92 Å². The topological polar surface area (TPSA) is 44.4 Å². The summed E-state index contributed by atoms with van der Waals surface area (Å²) in [6.45, 7) is 11.8. The summed E-state index contributed by atoms with van der Waals surface area (Å²) in [5.41, 5.74) is 5.42. The van der Waals surface area contributed by atoms with Crippen molar-refractivity contribution >= 4 is 17.7 Å². The molecule has 0 bridgehead atoms. The zero-order valence-corrected chi connectivity index (χ0v) is 16.7. The molecule has 0 radical (unpaired) electrons. The molecule has 138 valence electrons. The van der Waals surface area contributed by atoms with E-state index < -0.39 is 0 Å². The van der Waals surface area contributed by atoms with Crippen molar-refractivity contribution in [1.82, 2.24) is 15.5 Å². The lowest BCUT2D eigenvalue weighted by Gasteiger charge is -2.43. The maximum absolute atomic E-state index is 12.6. The van der Waals surface area contributed by atoms with Crippen LogP contribution in [0.5, 0.6) is 0 Å². The molecule has 3 unspecified atom stereocenters. The SMILES string of the molecule is CCCN1CCC2NC(SCc3c(C)cc(C)cc3C)NC(=O)C2C1. The summed E-state index contributed by atoms with van der Waals surface area (Å²) in [5, 5.41) is 6.86. The van der Waals surface area contributed by atoms with E-state index in [9.17, 15) is 4.79 Å². The Morgan fingerprint density at radius 2 is 1.96 bits per heavy atom. The lowest BCUT2D eigenvalue weighted by atomic mass is 9.90. The number of nitrogens with zero attached hydrogens (tertiary/aromatic N) is 1. The highest BCUT2D eigenvalue weighted by molar-refractivity contribution is 7.99. The first-order valence-electron chi connectivity index (χ1n) is 9.45. The van der Waals surface area contributed by atoms with E-state index in [0.717, 1.165) is 38.2 Å². The number of amides is 1. The Morgan fingerprint density at radius 3 is 2.64 bits per heavy atom. The largest absolute Gasteiger partial charge is 0.331 e. The Kier molecular flexibility index (Phi) is 6.08. The number of nitrogens with one attached hydrogen (secondary N) is 2. The summed E-state index contributed by atoms with van der Waals surface area (Å²) in [5.74, 6) is 1.24. The second-order valence-corrected chi connectivity index (χ2v) is 8.64. The highest BCUT2D eigenvalue weighted by Gasteiger charge is 2.39. The summed E-state index contributed by atoms with van der Waals surface area (Å²) < 4.78 is 0. The molecule has 2 aliphatic rings. The predicted octanol–water partition coefficient (Wildman–Crippen LogP) is 2.95. The predicted molar refractivity (Wildman–Crippen MR) is 106 cm³/mol. The van der Waals surface area contributed by atoms with Crippen molar-refractivity contribution < 1.29 is 4.79 Å². The highest BCUT2D eigenvalue weighted by atomic mass is 32.2. The molecule has 5 heteroatoms. The van der Waals surface area contributed by atoms with Crippen LogP contribution in [0.3, 0.4) is 0 Å². The standard InChI is InChI=1S/C20H31N3OS/c1-5-7-23-8-6-18-16(11-23)19(24)22-20(21-18)25-12-17-14(3)9-13(2)10-15(17)4/h9-10,16,18,20-21H,5-8,11-12H2,1-4H3,(H,22,24). The Bertz CT molecular complexity index is 610. The van der Waals surface area contributed by atoms with Crippen molar-refractivity contribution in [2.45, 2.75) is 57.8 Å². The second-order valence-electron chi connectivity index (χ2n) is 7.55. The molecule has 1 aromatic rings. The Morgan fingerprint density at radius 1 is 1.24 bits per heavy atom. The maximum Gasteiger partial charge on any atom is 0.227 e. The van der Waals surface area contributed by atoms with Crippen LogP contribution in [0.2, 0.25) is 0 Å². The third-order valence-electron chi connectivity index (χ3n) is 5.45. The van der Waals surface area contributed by atoms with Gasteiger partial charge >= 0.3 is 0 Å². The third kappa shape index (κ3) is 4.39. The smallest absolute Gasteiger partial charge is 0.227 e. The molecule has 2 N–H and O–H groups in total. The zero-order chi connectivity index (χ0) is 18.0. The number of benzene rings is 1. The normalized spacial score (nSPS) is 27.0. The number of rotatable bonds is 5. The van der Waals surface area contributed by atoms with Crippen LogP contribution in [0.15, 0.2) is 12.1 Å². The molecule has 0 spiro atoms. The van der Waals surface area contributed by atoms with Crippen LogP contribution < -0.4 is 10.6 Å². The molecule has 1 amide bonds. The quantitative estimate of drug-likeness (QED) is 0.846. The van der Waals surface area contributed by atoms with Crippen LogP contribution in [-0.4, -0.2) is 42.0 Å². The van der Waals surface area contributed by atoms with E-state index in [0.29, 0.717) is 6.04 Å². The number of carbonyl (C=O) groups excluding carboxylic acids is 1. The van der Waals surface area contributed by atoms with Gasteiger partial charge in [-0.05, 0) is 63.4 Å². The second kappa shape index (κ2) is 8.11. The number of piperidine rings is 1. The van der Waals surface area contributed by atoms with Gasteiger partial charge in [-0.15, -0.1) is 11.8 Å². The number of hydrogen-bond donors (Lipinski definition) is 2. The summed E-state index contributed by atoms with van der Waals surface area (Å²) in [6.07, 6.45) is 2.22. The van der Waals surface area contributed by atoms with Gasteiger partial charge in [-0.1, -0.05) is 24.6 Å². The minimum atomic E-state index is 0.0200. The summed E-state index contributed by atoms with van der Waals surface area (Å²) in [6, 6.07) is 4.81. The number of thioether (sulfide) groups is 1. The van der Waals surface area contributed by atoms with Crippen molar-refractivity contribution in [3.05, 3.63) is 34.4 Å². The highest BCUT2D eigenvalue weighted by Crippen LogP contribution is 2.27. The van der Waals surface area contributed by atoms with E-state index in [-0.39, 0.29) is 17.3 Å². The van der Waals surface area contributed by atoms with Gasteiger partial charge in [0, 0.05) is 18.3 Å². The van der Waals surface area contributed by atoms with Crippen LogP contribution in [0.4, 0.5) is 0 Å². The monoisotopic (exact) mass is 361 g/mol. The van der Waals surface area contributed by atoms with Gasteiger partial charge in [0.05, 0.1) is 5.92 Å². The van der Waals surface area contributed by atoms with Gasteiger partial charge in [0.15, 0.2) is 0 Å². The van der Waals surface area contributed by atoms with Crippen molar-refractivity contribution in [1.29, 1.82) is 0 Å².